The van der Waals surface area contributed by atoms with Gasteiger partial charge in [0.25, 0.3) is 0 Å². The second-order valence-corrected chi connectivity index (χ2v) is 2.19. The highest BCUT2D eigenvalue weighted by Crippen LogP contribution is 2.09. The van der Waals surface area contributed by atoms with Gasteiger partial charge in [-0.3, -0.25) is 0 Å². The van der Waals surface area contributed by atoms with Crippen molar-refractivity contribution in [3.63, 3.8) is 0 Å². The predicted octanol–water partition coefficient (Wildman–Crippen LogP) is 1.31. The highest BCUT2D eigenvalue weighted by atomic mass is 35.5. The first-order valence-corrected chi connectivity index (χ1v) is 3.57. The van der Waals surface area contributed by atoms with Crippen molar-refractivity contribution < 1.29 is 0 Å². The van der Waals surface area contributed by atoms with Gasteiger partial charge in [0.2, 0.25) is 0 Å². The Bertz CT molecular complexity index is 216. The summed E-state index contributed by atoms with van der Waals surface area (Å²) in [5.74, 6) is 0. The minimum absolute atomic E-state index is 0.225. The maximum atomic E-state index is 5.64. The summed E-state index contributed by atoms with van der Waals surface area (Å²) in [6.45, 7) is 3.53. The zero-order valence-corrected chi connectivity index (χ0v) is 7.39. The van der Waals surface area contributed by atoms with Crippen molar-refractivity contribution in [2.24, 2.45) is 16.5 Å². The van der Waals surface area contributed by atoms with Crippen LogP contribution in [0, 0.1) is 0 Å². The van der Waals surface area contributed by atoms with E-state index in [0.717, 1.165) is 0 Å². The molecule has 0 aromatic rings. The summed E-state index contributed by atoms with van der Waals surface area (Å²) in [5.41, 5.74) is 11.7. The summed E-state index contributed by atoms with van der Waals surface area (Å²) in [6, 6.07) is 0. The molecule has 4 heteroatoms. The molecule has 0 spiro atoms. The molecule has 62 valence electrons. The predicted molar refractivity (Wildman–Crippen MR) is 49.2 cm³/mol. The summed E-state index contributed by atoms with van der Waals surface area (Å²) in [4.78, 5) is 3.77. The Hall–Kier alpha value is -0.960. The molecule has 4 N–H and O–H groups in total. The van der Waals surface area contributed by atoms with Crippen molar-refractivity contribution in [3.05, 3.63) is 22.6 Å². The van der Waals surface area contributed by atoms with Gasteiger partial charge in [0.15, 0.2) is 5.16 Å². The number of hydrogen-bond donors (Lipinski definition) is 2. The third-order valence-electron chi connectivity index (χ3n) is 1.09. The number of rotatable bonds is 2. The zero-order valence-electron chi connectivity index (χ0n) is 6.63. The Morgan fingerprint density at radius 1 is 1.36 bits per heavy atom. The molecule has 0 heterocycles. The summed E-state index contributed by atoms with van der Waals surface area (Å²) in [6.07, 6.45) is 3.22. The van der Waals surface area contributed by atoms with E-state index in [2.05, 4.69) is 4.99 Å². The fraction of sp³-hybridized carbons (Fsp3) is 0.286. The van der Waals surface area contributed by atoms with Gasteiger partial charge in [0.1, 0.15) is 0 Å². The lowest BCUT2D eigenvalue weighted by Gasteiger charge is -2.00. The fourth-order valence-corrected chi connectivity index (χ4v) is 0.664. The summed E-state index contributed by atoms with van der Waals surface area (Å²) in [5, 5.41) is 0.225. The van der Waals surface area contributed by atoms with E-state index in [1.54, 1.807) is 26.1 Å². The molecular weight excluding hydrogens is 162 g/mol. The van der Waals surface area contributed by atoms with Gasteiger partial charge in [-0.05, 0) is 13.8 Å². The summed E-state index contributed by atoms with van der Waals surface area (Å²) < 4.78 is 0. The standard InChI is InChI=1S/C7H12ClN3/c1-3-5(9)6(10)7(8)11-4-2/h3-4H,9-10H2,1-2H3/b5-3+,7-6+,11-4+. The van der Waals surface area contributed by atoms with E-state index in [0.29, 0.717) is 11.4 Å². The lowest BCUT2D eigenvalue weighted by Crippen LogP contribution is -2.09. The van der Waals surface area contributed by atoms with E-state index in [9.17, 15) is 0 Å². The second-order valence-electron chi connectivity index (χ2n) is 1.84. The number of nitrogens with two attached hydrogens (primary N) is 2. The van der Waals surface area contributed by atoms with Crippen LogP contribution in [0.15, 0.2) is 27.6 Å². The minimum atomic E-state index is 0.225. The first-order chi connectivity index (χ1) is 5.13. The molecule has 0 radical (unpaired) electrons. The Morgan fingerprint density at radius 3 is 2.27 bits per heavy atom. The van der Waals surface area contributed by atoms with E-state index in [1.165, 1.54) is 0 Å². The van der Waals surface area contributed by atoms with E-state index in [4.69, 9.17) is 23.1 Å². The Balaban J connectivity index is 4.66. The molecule has 0 aromatic heterocycles. The van der Waals surface area contributed by atoms with Gasteiger partial charge in [0, 0.05) is 6.21 Å². The third kappa shape index (κ3) is 3.09. The van der Waals surface area contributed by atoms with Gasteiger partial charge in [0.05, 0.1) is 11.4 Å². The van der Waals surface area contributed by atoms with Gasteiger partial charge in [-0.1, -0.05) is 17.7 Å². The summed E-state index contributed by atoms with van der Waals surface area (Å²) in [7, 11) is 0. The van der Waals surface area contributed by atoms with Gasteiger partial charge < -0.3 is 11.5 Å². The largest absolute Gasteiger partial charge is 0.397 e. The normalized spacial score (nSPS) is 15.4. The topological polar surface area (TPSA) is 64.4 Å². The van der Waals surface area contributed by atoms with E-state index in [-0.39, 0.29) is 5.16 Å². The van der Waals surface area contributed by atoms with Gasteiger partial charge in [-0.2, -0.15) is 0 Å². The van der Waals surface area contributed by atoms with Gasteiger partial charge in [-0.25, -0.2) is 4.99 Å². The molecule has 0 saturated heterocycles. The van der Waals surface area contributed by atoms with Crippen LogP contribution in [-0.2, 0) is 0 Å². The maximum Gasteiger partial charge on any atom is 0.153 e. The Labute approximate surface area is 71.4 Å². The highest BCUT2D eigenvalue weighted by Gasteiger charge is 1.98. The van der Waals surface area contributed by atoms with Crippen molar-refractivity contribution in [1.82, 2.24) is 0 Å². The Kier molecular flexibility index (Phi) is 4.38. The van der Waals surface area contributed by atoms with Crippen molar-refractivity contribution in [3.8, 4) is 0 Å². The molecule has 0 saturated carbocycles. The number of allylic oxidation sites excluding steroid dienone is 1. The molecule has 0 unspecified atom stereocenters. The Morgan fingerprint density at radius 2 is 1.91 bits per heavy atom. The van der Waals surface area contributed by atoms with E-state index in [1.807, 2.05) is 0 Å². The maximum absolute atomic E-state index is 5.64. The van der Waals surface area contributed by atoms with Crippen molar-refractivity contribution in [1.29, 1.82) is 0 Å². The number of hydrogen-bond acceptors (Lipinski definition) is 3. The van der Waals surface area contributed by atoms with Crippen LogP contribution in [0.25, 0.3) is 0 Å². The van der Waals surface area contributed by atoms with Crippen LogP contribution in [0.2, 0.25) is 0 Å². The van der Waals surface area contributed by atoms with Crippen LogP contribution in [0.1, 0.15) is 13.8 Å². The monoisotopic (exact) mass is 173 g/mol. The lowest BCUT2D eigenvalue weighted by molar-refractivity contribution is 1.20. The first-order valence-electron chi connectivity index (χ1n) is 3.19. The minimum Gasteiger partial charge on any atom is -0.397 e. The molecule has 0 atom stereocenters. The van der Waals surface area contributed by atoms with Crippen molar-refractivity contribution in [2.45, 2.75) is 13.8 Å². The molecule has 3 nitrogen and oxygen atoms in total. The molecule has 0 fully saturated rings. The van der Waals surface area contributed by atoms with Crippen LogP contribution in [0.4, 0.5) is 0 Å². The van der Waals surface area contributed by atoms with Crippen molar-refractivity contribution in [2.75, 3.05) is 0 Å². The van der Waals surface area contributed by atoms with Gasteiger partial charge >= 0.3 is 0 Å². The molecule has 0 aliphatic rings. The average molecular weight is 174 g/mol. The van der Waals surface area contributed by atoms with E-state index < -0.39 is 0 Å². The fourth-order valence-electron chi connectivity index (χ4n) is 0.457. The van der Waals surface area contributed by atoms with Crippen LogP contribution in [0.5, 0.6) is 0 Å². The molecule has 0 bridgehead atoms. The molecule has 0 rings (SSSR count). The van der Waals surface area contributed by atoms with Crippen LogP contribution < -0.4 is 11.5 Å². The van der Waals surface area contributed by atoms with Crippen molar-refractivity contribution >= 4 is 17.8 Å². The van der Waals surface area contributed by atoms with Crippen LogP contribution in [-0.4, -0.2) is 6.21 Å². The van der Waals surface area contributed by atoms with Crippen LogP contribution in [0.3, 0.4) is 0 Å². The molecule has 0 aliphatic carbocycles. The number of nitrogens with zero attached hydrogens (tertiary/aromatic N) is 1. The number of aliphatic imine (C=N–C) groups is 1. The zero-order chi connectivity index (χ0) is 8.85. The first kappa shape index (κ1) is 10.0. The SMILES string of the molecule is C/C=N/C(Cl)=C(N)\C(N)=C/C. The van der Waals surface area contributed by atoms with Gasteiger partial charge in [-0.15, -0.1) is 0 Å². The smallest absolute Gasteiger partial charge is 0.153 e. The molecule has 0 aliphatic heterocycles. The molecule has 0 amide bonds. The third-order valence-corrected chi connectivity index (χ3v) is 1.39. The highest BCUT2D eigenvalue weighted by molar-refractivity contribution is 6.30. The average Bonchev–Trinajstić information content (AvgIpc) is 2.02. The molecule has 0 aromatic carbocycles. The van der Waals surface area contributed by atoms with E-state index >= 15 is 0 Å². The molecular formula is C7H12ClN3. The second kappa shape index (κ2) is 4.79. The molecule has 11 heavy (non-hydrogen) atoms. The lowest BCUT2D eigenvalue weighted by atomic mass is 10.3. The summed E-state index contributed by atoms with van der Waals surface area (Å²) >= 11 is 5.64. The number of halogens is 1. The van der Waals surface area contributed by atoms with Crippen LogP contribution >= 0.6 is 11.6 Å². The quantitative estimate of drug-likeness (QED) is 0.376.